The van der Waals surface area contributed by atoms with Crippen LogP contribution < -0.4 is 5.32 Å². The van der Waals surface area contributed by atoms with Gasteiger partial charge in [0.15, 0.2) is 0 Å². The predicted molar refractivity (Wildman–Crippen MR) is 91.7 cm³/mol. The van der Waals surface area contributed by atoms with Crippen molar-refractivity contribution in [3.05, 3.63) is 50.4 Å². The molecule has 0 unspecified atom stereocenters. The van der Waals surface area contributed by atoms with Crippen molar-refractivity contribution in [3.63, 3.8) is 0 Å². The minimum absolute atomic E-state index is 0.0537. The smallest absolute Gasteiger partial charge is 0.263 e. The second-order valence-electron chi connectivity index (χ2n) is 5.40. The van der Waals surface area contributed by atoms with Crippen molar-refractivity contribution >= 4 is 28.8 Å². The quantitative estimate of drug-likeness (QED) is 0.880. The molecule has 2 aromatic rings. The first kappa shape index (κ1) is 16.9. The van der Waals surface area contributed by atoms with Gasteiger partial charge in [-0.1, -0.05) is 23.7 Å². The molecule has 0 bridgehead atoms. The molecule has 0 aliphatic rings. The maximum absolute atomic E-state index is 12.2. The molecule has 0 aliphatic heterocycles. The maximum atomic E-state index is 12.2. The Balaban J connectivity index is 1.91. The Labute approximate surface area is 140 Å². The van der Waals surface area contributed by atoms with Gasteiger partial charge in [0.05, 0.1) is 5.69 Å². The van der Waals surface area contributed by atoms with Crippen LogP contribution in [0.1, 0.15) is 25.9 Å². The van der Waals surface area contributed by atoms with E-state index >= 15 is 0 Å². The van der Waals surface area contributed by atoms with E-state index in [1.54, 1.807) is 0 Å². The van der Waals surface area contributed by atoms with Gasteiger partial charge in [0, 0.05) is 18.1 Å². The molecule has 1 N–H and O–H groups in total. The van der Waals surface area contributed by atoms with E-state index in [1.165, 1.54) is 11.3 Å². The summed E-state index contributed by atoms with van der Waals surface area (Å²) in [6, 6.07) is 7.68. The number of benzene rings is 1. The predicted octanol–water partition coefficient (Wildman–Crippen LogP) is 3.14. The van der Waals surface area contributed by atoms with E-state index in [-0.39, 0.29) is 5.91 Å². The van der Waals surface area contributed by atoms with Gasteiger partial charge >= 0.3 is 0 Å². The molecule has 22 heavy (non-hydrogen) atoms. The summed E-state index contributed by atoms with van der Waals surface area (Å²) in [6.07, 6.45) is 0.759. The third kappa shape index (κ3) is 4.80. The molecule has 6 heteroatoms. The molecule has 0 fully saturated rings. The first-order chi connectivity index (χ1) is 10.5. The molecule has 1 aromatic carbocycles. The Morgan fingerprint density at radius 3 is 2.86 bits per heavy atom. The van der Waals surface area contributed by atoms with Crippen molar-refractivity contribution in [2.75, 3.05) is 20.6 Å². The number of halogens is 1. The topological polar surface area (TPSA) is 45.2 Å². The van der Waals surface area contributed by atoms with Crippen LogP contribution in [0.5, 0.6) is 0 Å². The molecular formula is C16H20ClN3OS. The van der Waals surface area contributed by atoms with Crippen LogP contribution in [0.25, 0.3) is 0 Å². The van der Waals surface area contributed by atoms with Gasteiger partial charge < -0.3 is 10.2 Å². The number of hydrogen-bond acceptors (Lipinski definition) is 4. The summed E-state index contributed by atoms with van der Waals surface area (Å²) < 4.78 is 0. The van der Waals surface area contributed by atoms with Gasteiger partial charge in [-0.15, -0.1) is 11.3 Å². The van der Waals surface area contributed by atoms with Crippen LogP contribution in [0.4, 0.5) is 0 Å². The lowest BCUT2D eigenvalue weighted by atomic mass is 10.1. The Hall–Kier alpha value is -1.43. The van der Waals surface area contributed by atoms with E-state index in [4.69, 9.17) is 11.6 Å². The average Bonchev–Trinajstić information content (AvgIpc) is 2.78. The minimum Gasteiger partial charge on any atom is -0.351 e. The highest BCUT2D eigenvalue weighted by Crippen LogP contribution is 2.19. The van der Waals surface area contributed by atoms with Crippen LogP contribution in [-0.4, -0.2) is 36.4 Å². The van der Waals surface area contributed by atoms with E-state index < -0.39 is 0 Å². The lowest BCUT2D eigenvalue weighted by molar-refractivity contribution is 0.0957. The van der Waals surface area contributed by atoms with Crippen LogP contribution in [0.15, 0.2) is 24.3 Å². The third-order valence-electron chi connectivity index (χ3n) is 3.09. The monoisotopic (exact) mass is 337 g/mol. The molecule has 1 amide bonds. The van der Waals surface area contributed by atoms with E-state index in [2.05, 4.69) is 10.3 Å². The van der Waals surface area contributed by atoms with E-state index in [1.807, 2.05) is 50.2 Å². The maximum Gasteiger partial charge on any atom is 0.263 e. The normalized spacial score (nSPS) is 11.0. The molecular weight excluding hydrogens is 318 g/mol. The fourth-order valence-corrected chi connectivity index (χ4v) is 3.41. The van der Waals surface area contributed by atoms with Crippen molar-refractivity contribution < 1.29 is 4.79 Å². The molecule has 1 heterocycles. The molecule has 2 rings (SSSR count). The van der Waals surface area contributed by atoms with E-state index in [0.29, 0.717) is 11.4 Å². The first-order valence-corrected chi connectivity index (χ1v) is 8.29. The number of hydrogen-bond donors (Lipinski definition) is 1. The molecule has 1 aromatic heterocycles. The van der Waals surface area contributed by atoms with Crippen LogP contribution in [0.3, 0.4) is 0 Å². The first-order valence-electron chi connectivity index (χ1n) is 7.09. The highest BCUT2D eigenvalue weighted by Gasteiger charge is 2.15. The number of thiazole rings is 1. The van der Waals surface area contributed by atoms with Gasteiger partial charge in [0.2, 0.25) is 0 Å². The summed E-state index contributed by atoms with van der Waals surface area (Å²) in [6.45, 7) is 3.21. The number of nitrogens with one attached hydrogen (secondary N) is 1. The molecule has 0 atom stereocenters. The molecule has 0 aliphatic carbocycles. The van der Waals surface area contributed by atoms with E-state index in [9.17, 15) is 4.79 Å². The number of amides is 1. The van der Waals surface area contributed by atoms with Crippen LogP contribution >= 0.6 is 22.9 Å². The van der Waals surface area contributed by atoms with Crippen LogP contribution in [0, 0.1) is 6.92 Å². The Morgan fingerprint density at radius 1 is 1.41 bits per heavy atom. The zero-order chi connectivity index (χ0) is 16.1. The average molecular weight is 338 g/mol. The summed E-state index contributed by atoms with van der Waals surface area (Å²) in [5.74, 6) is -0.0537. The molecule has 0 saturated heterocycles. The Morgan fingerprint density at radius 2 is 2.18 bits per heavy atom. The second kappa shape index (κ2) is 7.72. The number of rotatable bonds is 6. The lowest BCUT2D eigenvalue weighted by Gasteiger charge is -2.05. The van der Waals surface area contributed by atoms with Gasteiger partial charge in [-0.3, -0.25) is 4.79 Å². The largest absolute Gasteiger partial charge is 0.351 e. The van der Waals surface area contributed by atoms with Gasteiger partial charge in [-0.2, -0.15) is 0 Å². The molecule has 118 valence electrons. The van der Waals surface area contributed by atoms with Crippen molar-refractivity contribution in [3.8, 4) is 0 Å². The summed E-state index contributed by atoms with van der Waals surface area (Å²) >= 11 is 7.41. The van der Waals surface area contributed by atoms with Gasteiger partial charge in [0.25, 0.3) is 5.91 Å². The summed E-state index contributed by atoms with van der Waals surface area (Å²) in [7, 11) is 3.98. The van der Waals surface area contributed by atoms with E-state index in [0.717, 1.165) is 34.3 Å². The SMILES string of the molecule is Cc1nc(CN(C)C)sc1C(=O)NCCc1cccc(Cl)c1. The summed E-state index contributed by atoms with van der Waals surface area (Å²) in [5, 5.41) is 4.63. The van der Waals surface area contributed by atoms with Crippen molar-refractivity contribution in [1.82, 2.24) is 15.2 Å². The van der Waals surface area contributed by atoms with Gasteiger partial charge in [0.1, 0.15) is 9.88 Å². The van der Waals surface area contributed by atoms with Gasteiger partial charge in [-0.05, 0) is 45.1 Å². The third-order valence-corrected chi connectivity index (χ3v) is 4.46. The van der Waals surface area contributed by atoms with Crippen molar-refractivity contribution in [1.29, 1.82) is 0 Å². The summed E-state index contributed by atoms with van der Waals surface area (Å²) in [5.41, 5.74) is 1.91. The standard InChI is InChI=1S/C16H20ClN3OS/c1-11-15(22-14(19-11)10-20(2)3)16(21)18-8-7-12-5-4-6-13(17)9-12/h4-6,9H,7-8,10H2,1-3H3,(H,18,21). The molecule has 4 nitrogen and oxygen atoms in total. The number of aromatic nitrogens is 1. The zero-order valence-corrected chi connectivity index (χ0v) is 14.6. The van der Waals surface area contributed by atoms with Crippen LogP contribution in [-0.2, 0) is 13.0 Å². The lowest BCUT2D eigenvalue weighted by Crippen LogP contribution is -2.25. The Bertz CT molecular complexity index is 655. The number of carbonyl (C=O) groups is 1. The number of nitrogens with zero attached hydrogens (tertiary/aromatic N) is 2. The van der Waals surface area contributed by atoms with Gasteiger partial charge in [-0.25, -0.2) is 4.98 Å². The molecule has 0 saturated carbocycles. The number of carbonyl (C=O) groups excluding carboxylic acids is 1. The molecule has 0 radical (unpaired) electrons. The van der Waals surface area contributed by atoms with Crippen molar-refractivity contribution in [2.24, 2.45) is 0 Å². The van der Waals surface area contributed by atoms with Crippen molar-refractivity contribution in [2.45, 2.75) is 19.9 Å². The highest BCUT2D eigenvalue weighted by atomic mass is 35.5. The Kier molecular flexibility index (Phi) is 5.94. The fraction of sp³-hybridized carbons (Fsp3) is 0.375. The minimum atomic E-state index is -0.0537. The number of aryl methyl sites for hydroxylation is 1. The molecule has 0 spiro atoms. The second-order valence-corrected chi connectivity index (χ2v) is 6.92. The highest BCUT2D eigenvalue weighted by molar-refractivity contribution is 7.13. The zero-order valence-electron chi connectivity index (χ0n) is 13.0. The fourth-order valence-electron chi connectivity index (χ4n) is 2.09. The summed E-state index contributed by atoms with van der Waals surface area (Å²) in [4.78, 5) is 19.4. The van der Waals surface area contributed by atoms with Crippen LogP contribution in [0.2, 0.25) is 5.02 Å².